The van der Waals surface area contributed by atoms with Crippen molar-refractivity contribution in [3.05, 3.63) is 82.3 Å². The molecule has 0 radical (unpaired) electrons. The lowest BCUT2D eigenvalue weighted by Gasteiger charge is -2.38. The quantitative estimate of drug-likeness (QED) is 0.497. The molecule has 0 aromatic heterocycles. The number of benzene rings is 2. The lowest BCUT2D eigenvalue weighted by Crippen LogP contribution is -2.41. The summed E-state index contributed by atoms with van der Waals surface area (Å²) < 4.78 is 6.09. The van der Waals surface area contributed by atoms with E-state index >= 15 is 0 Å². The zero-order valence-electron chi connectivity index (χ0n) is 17.0. The molecule has 154 valence electrons. The largest absolute Gasteiger partial charge is 0.453 e. The van der Waals surface area contributed by atoms with Gasteiger partial charge in [-0.15, -0.1) is 6.58 Å². The van der Waals surface area contributed by atoms with Crippen LogP contribution in [0.1, 0.15) is 49.8 Å². The zero-order valence-corrected chi connectivity index (χ0v) is 18.6. The van der Waals surface area contributed by atoms with Gasteiger partial charge in [-0.3, -0.25) is 4.90 Å². The zero-order chi connectivity index (χ0) is 21.0. The lowest BCUT2D eigenvalue weighted by molar-refractivity contribution is -0.00380. The molecular weight excluding hydrogens is 430 g/mol. The molecule has 2 aromatic carbocycles. The molecule has 5 heteroatoms. The summed E-state index contributed by atoms with van der Waals surface area (Å²) in [6.45, 7) is 5.95. The van der Waals surface area contributed by atoms with E-state index in [2.05, 4.69) is 22.5 Å². The number of carbonyl (C=O) groups excluding carboxylic acids is 1. The fourth-order valence-electron chi connectivity index (χ4n) is 3.91. The van der Waals surface area contributed by atoms with E-state index in [1.807, 2.05) is 61.5 Å². The van der Waals surface area contributed by atoms with Crippen LogP contribution in [0.3, 0.4) is 0 Å². The van der Waals surface area contributed by atoms with E-state index in [1.165, 1.54) is 7.11 Å². The van der Waals surface area contributed by atoms with Crippen molar-refractivity contribution in [2.75, 3.05) is 7.11 Å². The van der Waals surface area contributed by atoms with Crippen molar-refractivity contribution in [2.45, 2.75) is 50.3 Å². The summed E-state index contributed by atoms with van der Waals surface area (Å²) in [5.41, 5.74) is 1.54. The van der Waals surface area contributed by atoms with Crippen molar-refractivity contribution in [2.24, 2.45) is 0 Å². The van der Waals surface area contributed by atoms with Crippen molar-refractivity contribution in [3.63, 3.8) is 0 Å². The Balaban J connectivity index is 2.05. The molecule has 2 atom stereocenters. The molecule has 0 heterocycles. The standard InChI is InChI=1S/C24H28BrNO3/c1-17(2)15-24(28,19-7-5-4-6-8-19)16-22(18-9-11-20(25)12-10-18)26(21-13-14-21)23(27)29-3/h4-12,21-22,28H,1,13-16H2,2-3H3. The summed E-state index contributed by atoms with van der Waals surface area (Å²) in [5, 5.41) is 11.8. The first-order chi connectivity index (χ1) is 13.8. The average Bonchev–Trinajstić information content (AvgIpc) is 3.53. The van der Waals surface area contributed by atoms with Crippen molar-refractivity contribution in [1.29, 1.82) is 0 Å². The van der Waals surface area contributed by atoms with Gasteiger partial charge >= 0.3 is 6.09 Å². The molecule has 1 N–H and O–H groups in total. The molecule has 0 bridgehead atoms. The minimum atomic E-state index is -1.15. The summed E-state index contributed by atoms with van der Waals surface area (Å²) in [4.78, 5) is 14.5. The first-order valence-electron chi connectivity index (χ1n) is 9.88. The Morgan fingerprint density at radius 3 is 2.38 bits per heavy atom. The van der Waals surface area contributed by atoms with Crippen LogP contribution < -0.4 is 0 Å². The molecule has 1 fully saturated rings. The van der Waals surface area contributed by atoms with Crippen molar-refractivity contribution >= 4 is 22.0 Å². The maximum Gasteiger partial charge on any atom is 0.410 e. The predicted octanol–water partition coefficient (Wildman–Crippen LogP) is 5.97. The first kappa shape index (κ1) is 21.6. The summed E-state index contributed by atoms with van der Waals surface area (Å²) in [6.07, 6.45) is 2.32. The van der Waals surface area contributed by atoms with Gasteiger partial charge in [0.2, 0.25) is 0 Å². The van der Waals surface area contributed by atoms with Gasteiger partial charge in [0.15, 0.2) is 0 Å². The van der Waals surface area contributed by atoms with Crippen LogP contribution in [0.15, 0.2) is 71.2 Å². The van der Waals surface area contributed by atoms with E-state index in [1.54, 1.807) is 4.90 Å². The topological polar surface area (TPSA) is 49.8 Å². The second-order valence-corrected chi connectivity index (χ2v) is 8.83. The van der Waals surface area contributed by atoms with Gasteiger partial charge in [0, 0.05) is 23.4 Å². The van der Waals surface area contributed by atoms with Gasteiger partial charge in [-0.2, -0.15) is 0 Å². The molecule has 3 rings (SSSR count). The molecule has 0 saturated heterocycles. The number of halogens is 1. The van der Waals surface area contributed by atoms with Crippen LogP contribution in [0, 0.1) is 0 Å². The normalized spacial score (nSPS) is 16.6. The van der Waals surface area contributed by atoms with Crippen LogP contribution in [0.5, 0.6) is 0 Å². The van der Waals surface area contributed by atoms with Crippen molar-refractivity contribution < 1.29 is 14.6 Å². The number of amides is 1. The monoisotopic (exact) mass is 457 g/mol. The smallest absolute Gasteiger partial charge is 0.410 e. The molecule has 1 saturated carbocycles. The van der Waals surface area contributed by atoms with Crippen molar-refractivity contribution in [1.82, 2.24) is 4.90 Å². The Labute approximate surface area is 181 Å². The van der Waals surface area contributed by atoms with E-state index in [0.29, 0.717) is 12.8 Å². The lowest BCUT2D eigenvalue weighted by atomic mass is 9.80. The van der Waals surface area contributed by atoms with E-state index in [-0.39, 0.29) is 18.2 Å². The van der Waals surface area contributed by atoms with Gasteiger partial charge in [0.1, 0.15) is 0 Å². The molecule has 1 aliphatic carbocycles. The van der Waals surface area contributed by atoms with Gasteiger partial charge in [0.25, 0.3) is 0 Å². The Bertz CT molecular complexity index is 848. The molecular formula is C24H28BrNO3. The Morgan fingerprint density at radius 1 is 1.24 bits per heavy atom. The second-order valence-electron chi connectivity index (χ2n) is 7.91. The van der Waals surface area contributed by atoms with Gasteiger partial charge in [0.05, 0.1) is 18.8 Å². The Hall–Kier alpha value is -2.11. The molecule has 2 unspecified atom stereocenters. The van der Waals surface area contributed by atoms with Crippen LogP contribution in [-0.2, 0) is 10.3 Å². The summed E-state index contributed by atoms with van der Waals surface area (Å²) in [7, 11) is 1.41. The molecule has 1 amide bonds. The number of nitrogens with zero attached hydrogens (tertiary/aromatic N) is 1. The maximum absolute atomic E-state index is 12.7. The van der Waals surface area contributed by atoms with Crippen LogP contribution in [0.4, 0.5) is 4.79 Å². The van der Waals surface area contributed by atoms with Crippen LogP contribution in [0.25, 0.3) is 0 Å². The predicted molar refractivity (Wildman–Crippen MR) is 119 cm³/mol. The molecule has 1 aliphatic rings. The van der Waals surface area contributed by atoms with E-state index in [9.17, 15) is 9.90 Å². The molecule has 29 heavy (non-hydrogen) atoms. The summed E-state index contributed by atoms with van der Waals surface area (Å²) in [6, 6.07) is 17.4. The minimum Gasteiger partial charge on any atom is -0.453 e. The van der Waals surface area contributed by atoms with E-state index in [0.717, 1.165) is 34.0 Å². The number of rotatable bonds is 8. The number of carbonyl (C=O) groups is 1. The maximum atomic E-state index is 12.7. The number of hydrogen-bond donors (Lipinski definition) is 1. The molecule has 4 nitrogen and oxygen atoms in total. The Morgan fingerprint density at radius 2 is 1.86 bits per heavy atom. The third-order valence-electron chi connectivity index (χ3n) is 5.35. The first-order valence-corrected chi connectivity index (χ1v) is 10.7. The average molecular weight is 458 g/mol. The van der Waals surface area contributed by atoms with E-state index < -0.39 is 5.60 Å². The van der Waals surface area contributed by atoms with Gasteiger partial charge in [-0.1, -0.05) is 64.0 Å². The fraction of sp³-hybridized carbons (Fsp3) is 0.375. The highest BCUT2D eigenvalue weighted by Gasteiger charge is 2.43. The van der Waals surface area contributed by atoms with Gasteiger partial charge in [-0.05, 0) is 43.0 Å². The second kappa shape index (κ2) is 9.14. The fourth-order valence-corrected chi connectivity index (χ4v) is 4.17. The highest BCUT2D eigenvalue weighted by atomic mass is 79.9. The molecule has 2 aromatic rings. The highest BCUT2D eigenvalue weighted by molar-refractivity contribution is 9.10. The SMILES string of the molecule is C=C(C)CC(O)(CC(c1ccc(Br)cc1)N(C(=O)OC)C1CC1)c1ccccc1. The Kier molecular flexibility index (Phi) is 6.81. The number of methoxy groups -OCH3 is 1. The minimum absolute atomic E-state index is 0.140. The van der Waals surface area contributed by atoms with Crippen LogP contribution in [0.2, 0.25) is 0 Å². The summed E-state index contributed by atoms with van der Waals surface area (Å²) in [5.74, 6) is 0. The third kappa shape index (κ3) is 5.28. The van der Waals surface area contributed by atoms with Gasteiger partial charge in [-0.25, -0.2) is 4.79 Å². The number of aliphatic hydroxyl groups is 1. The van der Waals surface area contributed by atoms with Crippen LogP contribution >= 0.6 is 15.9 Å². The highest BCUT2D eigenvalue weighted by Crippen LogP contribution is 2.43. The van der Waals surface area contributed by atoms with Gasteiger partial charge < -0.3 is 9.84 Å². The number of hydrogen-bond acceptors (Lipinski definition) is 3. The van der Waals surface area contributed by atoms with E-state index in [4.69, 9.17) is 4.74 Å². The molecule has 0 aliphatic heterocycles. The molecule has 0 spiro atoms. The number of ether oxygens (including phenoxy) is 1. The van der Waals surface area contributed by atoms with Crippen LogP contribution in [-0.4, -0.2) is 29.3 Å². The van der Waals surface area contributed by atoms with Crippen molar-refractivity contribution in [3.8, 4) is 0 Å². The summed E-state index contributed by atoms with van der Waals surface area (Å²) >= 11 is 3.48. The third-order valence-corrected chi connectivity index (χ3v) is 5.88.